The number of aryl methyl sites for hydroxylation is 1. The smallest absolute Gasteiger partial charge is 0.408 e. The van der Waals surface area contributed by atoms with Gasteiger partial charge in [-0.2, -0.15) is 0 Å². The fraction of sp³-hybridized carbons (Fsp3) is 0.615. The number of carbonyl (C=O) groups is 5. The van der Waals surface area contributed by atoms with Gasteiger partial charge < -0.3 is 34.9 Å². The molecule has 14 nitrogen and oxygen atoms in total. The van der Waals surface area contributed by atoms with Gasteiger partial charge in [-0.05, 0) is 101 Å². The molecule has 3 N–H and O–H groups in total. The summed E-state index contributed by atoms with van der Waals surface area (Å²) in [5.41, 5.74) is 0.455. The van der Waals surface area contributed by atoms with Crippen molar-refractivity contribution in [2.24, 2.45) is 11.8 Å². The number of benzene rings is 1. The highest BCUT2D eigenvalue weighted by atomic mass is 35.5. The SMILES string of the molecule is Cc1nnc(-c2ccc(Cl)cc2C[C@H]2C(=O)NCCCC/C=C\C[C@H](N(C)C(=O)[C@@H](NC(=O)OC(C)(C)C)C3CC3)C(=O)N[C@@H](CC(C)C)C(=O)N2C)o1. The van der Waals surface area contributed by atoms with Crippen LogP contribution >= 0.6 is 11.6 Å². The monoisotopic (exact) mass is 769 g/mol. The Balaban J connectivity index is 1.65. The Labute approximate surface area is 323 Å². The van der Waals surface area contributed by atoms with Crippen LogP contribution in [0.1, 0.15) is 91.0 Å². The summed E-state index contributed by atoms with van der Waals surface area (Å²) in [6.07, 6.45) is 7.31. The second kappa shape index (κ2) is 18.7. The van der Waals surface area contributed by atoms with Gasteiger partial charge in [-0.3, -0.25) is 19.2 Å². The lowest BCUT2D eigenvalue weighted by Crippen LogP contribution is -2.59. The highest BCUT2D eigenvalue weighted by Gasteiger charge is 2.42. The Morgan fingerprint density at radius 1 is 1.11 bits per heavy atom. The van der Waals surface area contributed by atoms with Crippen LogP contribution in [-0.4, -0.2) is 100 Å². The van der Waals surface area contributed by atoms with E-state index in [2.05, 4.69) is 26.1 Å². The third-order valence-corrected chi connectivity index (χ3v) is 9.68. The van der Waals surface area contributed by atoms with Gasteiger partial charge in [0.15, 0.2) is 0 Å². The number of carbonyl (C=O) groups excluding carboxylic acids is 5. The van der Waals surface area contributed by atoms with E-state index < -0.39 is 53.6 Å². The van der Waals surface area contributed by atoms with Gasteiger partial charge in [0.05, 0.1) is 0 Å². The molecule has 2 aromatic rings. The number of ether oxygens (including phenoxy) is 1. The molecule has 2 aliphatic rings. The van der Waals surface area contributed by atoms with E-state index in [1.165, 1.54) is 9.80 Å². The second-order valence-electron chi connectivity index (χ2n) is 15.7. The van der Waals surface area contributed by atoms with E-state index in [1.54, 1.807) is 60.0 Å². The number of amides is 5. The van der Waals surface area contributed by atoms with Crippen molar-refractivity contribution in [1.29, 1.82) is 0 Å². The average molecular weight is 770 g/mol. The van der Waals surface area contributed by atoms with E-state index in [9.17, 15) is 24.0 Å². The molecule has 5 amide bonds. The van der Waals surface area contributed by atoms with Crippen LogP contribution in [0.2, 0.25) is 5.02 Å². The zero-order valence-corrected chi connectivity index (χ0v) is 33.5. The highest BCUT2D eigenvalue weighted by molar-refractivity contribution is 6.30. The summed E-state index contributed by atoms with van der Waals surface area (Å²) in [6.45, 7) is 11.2. The van der Waals surface area contributed by atoms with Crippen molar-refractivity contribution < 1.29 is 33.1 Å². The van der Waals surface area contributed by atoms with E-state index in [1.807, 2.05) is 26.0 Å². The van der Waals surface area contributed by atoms with Crippen LogP contribution in [0.15, 0.2) is 34.8 Å². The molecule has 1 aliphatic carbocycles. The molecule has 1 fully saturated rings. The molecule has 2 heterocycles. The van der Waals surface area contributed by atoms with Crippen molar-refractivity contribution in [2.75, 3.05) is 20.6 Å². The molecule has 0 radical (unpaired) electrons. The van der Waals surface area contributed by atoms with Gasteiger partial charge >= 0.3 is 6.09 Å². The second-order valence-corrected chi connectivity index (χ2v) is 16.1. The minimum absolute atomic E-state index is 0.0131. The average Bonchev–Trinajstić information content (AvgIpc) is 3.84. The molecule has 0 unspecified atom stereocenters. The summed E-state index contributed by atoms with van der Waals surface area (Å²) in [4.78, 5) is 72.1. The summed E-state index contributed by atoms with van der Waals surface area (Å²) in [5.74, 6) is -1.22. The van der Waals surface area contributed by atoms with E-state index in [4.69, 9.17) is 20.8 Å². The predicted molar refractivity (Wildman–Crippen MR) is 204 cm³/mol. The number of nitrogens with zero attached hydrogens (tertiary/aromatic N) is 4. The maximum Gasteiger partial charge on any atom is 0.408 e. The van der Waals surface area contributed by atoms with Gasteiger partial charge in [-0.25, -0.2) is 4.79 Å². The summed E-state index contributed by atoms with van der Waals surface area (Å²) >= 11 is 6.43. The van der Waals surface area contributed by atoms with E-state index in [-0.39, 0.29) is 42.9 Å². The normalized spacial score (nSPS) is 21.9. The molecule has 4 atom stereocenters. The lowest BCUT2D eigenvalue weighted by Gasteiger charge is -2.34. The quantitative estimate of drug-likeness (QED) is 0.297. The third kappa shape index (κ3) is 12.0. The van der Waals surface area contributed by atoms with Gasteiger partial charge in [0, 0.05) is 44.6 Å². The van der Waals surface area contributed by atoms with Crippen LogP contribution < -0.4 is 16.0 Å². The van der Waals surface area contributed by atoms with Crippen LogP contribution in [0.5, 0.6) is 0 Å². The molecule has 1 aromatic carbocycles. The largest absolute Gasteiger partial charge is 0.444 e. The van der Waals surface area contributed by atoms with E-state index in [0.29, 0.717) is 41.4 Å². The Kier molecular flexibility index (Phi) is 14.7. The number of hydrogen-bond acceptors (Lipinski definition) is 9. The highest BCUT2D eigenvalue weighted by Crippen LogP contribution is 2.34. The first kappa shape index (κ1) is 42.3. The Morgan fingerprint density at radius 3 is 2.46 bits per heavy atom. The van der Waals surface area contributed by atoms with Crippen LogP contribution in [0, 0.1) is 18.8 Å². The van der Waals surface area contributed by atoms with Crippen LogP contribution in [0.3, 0.4) is 0 Å². The molecule has 54 heavy (non-hydrogen) atoms. The molecule has 1 aromatic heterocycles. The first-order valence-corrected chi connectivity index (χ1v) is 19.2. The summed E-state index contributed by atoms with van der Waals surface area (Å²) < 4.78 is 11.1. The lowest BCUT2D eigenvalue weighted by molar-refractivity contribution is -0.144. The zero-order valence-electron chi connectivity index (χ0n) is 32.7. The Bertz CT molecular complexity index is 1680. The van der Waals surface area contributed by atoms with Crippen molar-refractivity contribution in [1.82, 2.24) is 35.9 Å². The molecular formula is C39H56ClN7O7. The van der Waals surface area contributed by atoms with Gasteiger partial charge in [-0.15, -0.1) is 10.2 Å². The van der Waals surface area contributed by atoms with Gasteiger partial charge in [0.25, 0.3) is 0 Å². The molecule has 1 aliphatic heterocycles. The number of nitrogens with one attached hydrogen (secondary N) is 3. The predicted octanol–water partition coefficient (Wildman–Crippen LogP) is 4.98. The topological polar surface area (TPSA) is 176 Å². The van der Waals surface area contributed by atoms with Crippen LogP contribution in [-0.2, 0) is 30.3 Å². The van der Waals surface area contributed by atoms with E-state index >= 15 is 0 Å². The first-order chi connectivity index (χ1) is 25.4. The van der Waals surface area contributed by atoms with Crippen molar-refractivity contribution in [2.45, 2.75) is 123 Å². The summed E-state index contributed by atoms with van der Waals surface area (Å²) in [7, 11) is 3.10. The maximum atomic E-state index is 14.5. The Morgan fingerprint density at radius 2 is 1.83 bits per heavy atom. The number of hydrogen-bond donors (Lipinski definition) is 3. The fourth-order valence-electron chi connectivity index (χ4n) is 6.44. The molecule has 296 valence electrons. The molecule has 0 spiro atoms. The standard InChI is InChI=1S/C39H56ClN7O7/c1-23(2)20-29-36(50)47(8)31(22-26-21-27(40)17-18-28(26)35-45-44-24(3)53-35)33(48)41-19-13-11-9-10-12-14-30(34(49)42-29)46(7)37(51)32(25-15-16-25)43-38(52)54-39(4,5)6/h10,12,17-18,21,23,25,29-32H,9,11,13-16,19-20,22H2,1-8H3,(H,41,48)(H,42,49)(H,43,52)/b12-10-/t29-,30-,31-,32-/m0/s1. The minimum Gasteiger partial charge on any atom is -0.444 e. The van der Waals surface area contributed by atoms with Crippen molar-refractivity contribution in [3.63, 3.8) is 0 Å². The number of likely N-dealkylation sites (N-methyl/N-ethyl adjacent to an activating group) is 2. The number of halogens is 1. The summed E-state index contributed by atoms with van der Waals surface area (Å²) in [6, 6.07) is 1.28. The third-order valence-electron chi connectivity index (χ3n) is 9.45. The molecule has 0 bridgehead atoms. The van der Waals surface area contributed by atoms with E-state index in [0.717, 1.165) is 19.3 Å². The summed E-state index contributed by atoms with van der Waals surface area (Å²) in [5, 5.41) is 17.2. The first-order valence-electron chi connectivity index (χ1n) is 18.8. The van der Waals surface area contributed by atoms with Crippen LogP contribution in [0.4, 0.5) is 4.79 Å². The molecular weight excluding hydrogens is 714 g/mol. The fourth-order valence-corrected chi connectivity index (χ4v) is 6.63. The maximum absolute atomic E-state index is 14.5. The van der Waals surface area contributed by atoms with Crippen LogP contribution in [0.25, 0.3) is 11.5 Å². The number of allylic oxidation sites excluding steroid dienone is 1. The van der Waals surface area contributed by atoms with Crippen molar-refractivity contribution in [3.8, 4) is 11.5 Å². The zero-order chi connectivity index (χ0) is 39.7. The Hall–Kier alpha value is -4.46. The number of alkyl carbamates (subject to hydrolysis) is 1. The lowest BCUT2D eigenvalue weighted by atomic mass is 9.96. The van der Waals surface area contributed by atoms with Gasteiger partial charge in [0.2, 0.25) is 35.4 Å². The number of aromatic nitrogens is 2. The molecule has 1 saturated carbocycles. The molecule has 15 heteroatoms. The van der Waals surface area contributed by atoms with Gasteiger partial charge in [0.1, 0.15) is 29.8 Å². The molecule has 0 saturated heterocycles. The van der Waals surface area contributed by atoms with Gasteiger partial charge in [-0.1, -0.05) is 37.6 Å². The van der Waals surface area contributed by atoms with Crippen molar-refractivity contribution in [3.05, 3.63) is 46.8 Å². The minimum atomic E-state index is -1.02. The molecule has 4 rings (SSSR count). The van der Waals surface area contributed by atoms with Crippen molar-refractivity contribution >= 4 is 41.3 Å². The number of rotatable bonds is 9.